The number of nitrogens with zero attached hydrogens (tertiary/aromatic N) is 2. The maximum atomic E-state index is 14.4. The Kier molecular flexibility index (Phi) is 5.63. The average Bonchev–Trinajstić information content (AvgIpc) is 3.27. The van der Waals surface area contributed by atoms with Gasteiger partial charge in [-0.25, -0.2) is 12.8 Å². The molecule has 1 N–H and O–H groups in total. The molecule has 7 nitrogen and oxygen atoms in total. The van der Waals surface area contributed by atoms with Crippen molar-refractivity contribution in [2.24, 2.45) is 0 Å². The zero-order valence-corrected chi connectivity index (χ0v) is 17.8. The molecule has 0 saturated carbocycles. The molecular formula is C22H22FN3O4S. The molecule has 1 saturated heterocycles. The second kappa shape index (κ2) is 8.24. The third-order valence-corrected chi connectivity index (χ3v) is 7.34. The summed E-state index contributed by atoms with van der Waals surface area (Å²) < 4.78 is 42.5. The van der Waals surface area contributed by atoms with E-state index in [0.29, 0.717) is 24.5 Å². The van der Waals surface area contributed by atoms with Crippen LogP contribution in [0.5, 0.6) is 0 Å². The van der Waals surface area contributed by atoms with Crippen molar-refractivity contribution in [2.45, 2.75) is 31.2 Å². The Hall–Kier alpha value is -3.04. The Morgan fingerprint density at radius 2 is 1.77 bits per heavy atom. The van der Waals surface area contributed by atoms with Gasteiger partial charge in [0.05, 0.1) is 10.4 Å². The number of benzene rings is 2. The van der Waals surface area contributed by atoms with E-state index < -0.39 is 21.7 Å². The fourth-order valence-electron chi connectivity index (χ4n) is 3.85. The van der Waals surface area contributed by atoms with Gasteiger partial charge in [0.1, 0.15) is 12.4 Å². The van der Waals surface area contributed by atoms with Gasteiger partial charge in [0.15, 0.2) is 5.43 Å². The topological polar surface area (TPSA) is 88.5 Å². The summed E-state index contributed by atoms with van der Waals surface area (Å²) in [6, 6.07) is 11.6. The van der Waals surface area contributed by atoms with Crippen molar-refractivity contribution in [2.75, 3.05) is 18.4 Å². The first-order valence-corrected chi connectivity index (χ1v) is 11.4. The number of aryl methyl sites for hydroxylation is 1. The highest BCUT2D eigenvalue weighted by molar-refractivity contribution is 7.89. The van der Waals surface area contributed by atoms with E-state index in [0.717, 1.165) is 12.8 Å². The molecular weight excluding hydrogens is 421 g/mol. The van der Waals surface area contributed by atoms with Crippen LogP contribution in [0.2, 0.25) is 0 Å². The minimum Gasteiger partial charge on any atom is -0.333 e. The van der Waals surface area contributed by atoms with Crippen LogP contribution in [0.25, 0.3) is 10.9 Å². The summed E-state index contributed by atoms with van der Waals surface area (Å²) in [7, 11) is -3.53. The van der Waals surface area contributed by atoms with Crippen LogP contribution in [0.3, 0.4) is 0 Å². The number of nitrogens with one attached hydrogen (secondary N) is 1. The van der Waals surface area contributed by atoms with Crippen LogP contribution in [0.1, 0.15) is 18.5 Å². The molecule has 0 radical (unpaired) electrons. The van der Waals surface area contributed by atoms with Gasteiger partial charge in [-0.15, -0.1) is 0 Å². The van der Waals surface area contributed by atoms with Crippen LogP contribution >= 0.6 is 0 Å². The highest BCUT2D eigenvalue weighted by Crippen LogP contribution is 2.22. The third-order valence-electron chi connectivity index (χ3n) is 5.43. The zero-order valence-electron chi connectivity index (χ0n) is 17.0. The van der Waals surface area contributed by atoms with Gasteiger partial charge >= 0.3 is 0 Å². The molecule has 2 aromatic carbocycles. The van der Waals surface area contributed by atoms with Crippen LogP contribution in [0.4, 0.5) is 10.1 Å². The maximum Gasteiger partial charge on any atom is 0.244 e. The molecule has 1 aromatic heterocycles. The predicted molar refractivity (Wildman–Crippen MR) is 116 cm³/mol. The Labute approximate surface area is 179 Å². The normalized spacial score (nSPS) is 14.8. The van der Waals surface area contributed by atoms with Crippen LogP contribution in [-0.2, 0) is 21.4 Å². The van der Waals surface area contributed by atoms with Gasteiger partial charge in [-0.05, 0) is 56.2 Å². The fraction of sp³-hybridized carbons (Fsp3) is 0.273. The fourth-order valence-corrected chi connectivity index (χ4v) is 5.36. The van der Waals surface area contributed by atoms with Crippen LogP contribution in [0, 0.1) is 12.7 Å². The van der Waals surface area contributed by atoms with Gasteiger partial charge < -0.3 is 9.88 Å². The third kappa shape index (κ3) is 4.11. The lowest BCUT2D eigenvalue weighted by molar-refractivity contribution is -0.116. The van der Waals surface area contributed by atoms with E-state index in [4.69, 9.17) is 0 Å². The van der Waals surface area contributed by atoms with E-state index in [9.17, 15) is 22.4 Å². The van der Waals surface area contributed by atoms with Gasteiger partial charge in [-0.1, -0.05) is 6.07 Å². The van der Waals surface area contributed by atoms with Gasteiger partial charge in [0.25, 0.3) is 0 Å². The Morgan fingerprint density at radius 1 is 1.10 bits per heavy atom. The molecule has 31 heavy (non-hydrogen) atoms. The van der Waals surface area contributed by atoms with E-state index in [1.54, 1.807) is 6.92 Å². The summed E-state index contributed by atoms with van der Waals surface area (Å²) in [4.78, 5) is 24.9. The van der Waals surface area contributed by atoms with E-state index in [1.807, 2.05) is 0 Å². The number of anilines is 1. The Morgan fingerprint density at radius 3 is 2.45 bits per heavy atom. The molecule has 0 atom stereocenters. The number of carbonyl (C=O) groups excluding carboxylic acids is 1. The number of carbonyl (C=O) groups is 1. The molecule has 9 heteroatoms. The number of halogens is 1. The molecule has 3 aromatic rings. The van der Waals surface area contributed by atoms with E-state index in [-0.39, 0.29) is 27.8 Å². The quantitative estimate of drug-likeness (QED) is 0.657. The highest BCUT2D eigenvalue weighted by Gasteiger charge is 2.27. The molecule has 2 heterocycles. The molecule has 0 aliphatic carbocycles. The number of aromatic nitrogens is 1. The first-order chi connectivity index (χ1) is 14.8. The zero-order chi connectivity index (χ0) is 22.2. The van der Waals surface area contributed by atoms with Crippen molar-refractivity contribution in [3.63, 3.8) is 0 Å². The average molecular weight is 444 g/mol. The Balaban J connectivity index is 1.54. The largest absolute Gasteiger partial charge is 0.333 e. The lowest BCUT2D eigenvalue weighted by Crippen LogP contribution is -2.27. The van der Waals surface area contributed by atoms with Gasteiger partial charge in [-0.2, -0.15) is 4.31 Å². The summed E-state index contributed by atoms with van der Waals surface area (Å²) in [6.45, 7) is 2.48. The number of pyridine rings is 1. The van der Waals surface area contributed by atoms with Crippen LogP contribution in [0.15, 0.2) is 58.2 Å². The number of rotatable bonds is 5. The summed E-state index contributed by atoms with van der Waals surface area (Å²) in [5.41, 5.74) is 0.659. The number of para-hydroxylation sites is 1. The van der Waals surface area contributed by atoms with E-state index in [1.165, 1.54) is 57.4 Å². The Bertz CT molecular complexity index is 1310. The highest BCUT2D eigenvalue weighted by atomic mass is 32.2. The van der Waals surface area contributed by atoms with Crippen LogP contribution < -0.4 is 10.7 Å². The summed E-state index contributed by atoms with van der Waals surface area (Å²) in [5.74, 6) is -1.01. The lowest BCUT2D eigenvalue weighted by atomic mass is 10.1. The number of fused-ring (bicyclic) bond motifs is 1. The second-order valence-electron chi connectivity index (χ2n) is 7.56. The maximum absolute atomic E-state index is 14.4. The number of sulfonamides is 1. The van der Waals surface area contributed by atoms with Crippen molar-refractivity contribution < 1.29 is 17.6 Å². The summed E-state index contributed by atoms with van der Waals surface area (Å²) >= 11 is 0. The van der Waals surface area contributed by atoms with Gasteiger partial charge in [-0.3, -0.25) is 9.59 Å². The summed E-state index contributed by atoms with van der Waals surface area (Å²) in [6.07, 6.45) is 1.71. The van der Waals surface area contributed by atoms with Gasteiger partial charge in [0.2, 0.25) is 15.9 Å². The molecule has 1 aliphatic rings. The van der Waals surface area contributed by atoms with E-state index >= 15 is 0 Å². The van der Waals surface area contributed by atoms with Crippen molar-refractivity contribution in [3.05, 3.63) is 70.3 Å². The smallest absolute Gasteiger partial charge is 0.244 e. The molecule has 1 fully saturated rings. The monoisotopic (exact) mass is 443 g/mol. The SMILES string of the molecule is Cc1cc(=O)c2cccc(F)c2n1CC(=O)Nc1ccc(S(=O)(=O)N2CCCC2)cc1. The molecule has 0 unspecified atom stereocenters. The minimum atomic E-state index is -3.53. The summed E-state index contributed by atoms with van der Waals surface area (Å²) in [5, 5.41) is 2.90. The number of hydrogen-bond donors (Lipinski definition) is 1. The van der Waals surface area contributed by atoms with Gasteiger partial charge in [0, 0.05) is 35.9 Å². The standard InChI is InChI=1S/C22H22FN3O4S/c1-15-13-20(27)18-5-4-6-19(23)22(18)26(15)14-21(28)24-16-7-9-17(10-8-16)31(29,30)25-11-2-3-12-25/h4-10,13H,2-3,11-12,14H2,1H3,(H,24,28). The molecule has 4 rings (SSSR count). The first kappa shape index (κ1) is 21.2. The lowest BCUT2D eigenvalue weighted by Gasteiger charge is -2.16. The molecule has 1 aliphatic heterocycles. The molecule has 1 amide bonds. The van der Waals surface area contributed by atoms with Crippen LogP contribution in [-0.4, -0.2) is 36.3 Å². The molecule has 162 valence electrons. The van der Waals surface area contributed by atoms with E-state index in [2.05, 4.69) is 5.32 Å². The number of amides is 1. The minimum absolute atomic E-state index is 0.0784. The van der Waals surface area contributed by atoms with Crippen molar-refractivity contribution >= 4 is 32.5 Å². The van der Waals surface area contributed by atoms with Crippen molar-refractivity contribution in [1.29, 1.82) is 0 Å². The molecule has 0 spiro atoms. The number of hydrogen-bond acceptors (Lipinski definition) is 4. The van der Waals surface area contributed by atoms with Crippen molar-refractivity contribution in [3.8, 4) is 0 Å². The second-order valence-corrected chi connectivity index (χ2v) is 9.49. The first-order valence-electron chi connectivity index (χ1n) is 9.96. The molecule has 0 bridgehead atoms. The predicted octanol–water partition coefficient (Wildman–Crippen LogP) is 2.87. The van der Waals surface area contributed by atoms with Crippen molar-refractivity contribution in [1.82, 2.24) is 8.87 Å².